The van der Waals surface area contributed by atoms with Crippen LogP contribution in [0.2, 0.25) is 5.02 Å². The predicted molar refractivity (Wildman–Crippen MR) is 166 cm³/mol. The lowest BCUT2D eigenvalue weighted by Crippen LogP contribution is -2.50. The second-order valence-electron chi connectivity index (χ2n) is 10.2. The Morgan fingerprint density at radius 1 is 0.930 bits per heavy atom. The molecule has 1 saturated heterocycles. The van der Waals surface area contributed by atoms with Crippen LogP contribution in [-0.4, -0.2) is 74.7 Å². The van der Waals surface area contributed by atoms with Crippen LogP contribution < -0.4 is 10.2 Å². The zero-order chi connectivity index (χ0) is 30.7. The number of sulfone groups is 1. The van der Waals surface area contributed by atoms with Crippen molar-refractivity contribution in [3.05, 3.63) is 89.1 Å². The topological polar surface area (TPSA) is 118 Å². The maximum Gasteiger partial charge on any atom is 0.354 e. The van der Waals surface area contributed by atoms with E-state index < -0.39 is 15.8 Å². The molecule has 10 nitrogen and oxygen atoms in total. The van der Waals surface area contributed by atoms with E-state index in [1.54, 1.807) is 64.9 Å². The molecule has 1 N–H and O–H groups in total. The Kier molecular flexibility index (Phi) is 8.74. The van der Waals surface area contributed by atoms with Gasteiger partial charge in [0.05, 0.1) is 17.1 Å². The van der Waals surface area contributed by atoms with Crippen molar-refractivity contribution in [1.29, 1.82) is 0 Å². The summed E-state index contributed by atoms with van der Waals surface area (Å²) in [6, 6.07) is 20.2. The first kappa shape index (κ1) is 30.1. The number of hydrogen-bond donors (Lipinski definition) is 1. The minimum absolute atomic E-state index is 0.0314. The Morgan fingerprint density at radius 2 is 1.63 bits per heavy atom. The van der Waals surface area contributed by atoms with Crippen LogP contribution in [0.3, 0.4) is 0 Å². The van der Waals surface area contributed by atoms with Crippen LogP contribution in [0.1, 0.15) is 27.8 Å². The monoisotopic (exact) mass is 622 g/mol. The number of nitrogens with zero attached hydrogens (tertiary/aromatic N) is 3. The first-order valence-electron chi connectivity index (χ1n) is 13.7. The fraction of sp³-hybridized carbons (Fsp3) is 0.258. The molecule has 1 aliphatic rings. The SMILES string of the molecule is CCOC(=O)c1cc2cc(Cl)ccc2n1CC(=O)N1CCN(c2ccccc2C(=O)Nc2ccc(S(C)(=O)=O)cc2)CC1. The van der Waals surface area contributed by atoms with Gasteiger partial charge in [-0.05, 0) is 67.6 Å². The summed E-state index contributed by atoms with van der Waals surface area (Å²) in [6.07, 6.45) is 1.13. The number of esters is 1. The molecule has 0 saturated carbocycles. The molecule has 4 aromatic rings. The largest absolute Gasteiger partial charge is 0.461 e. The van der Waals surface area contributed by atoms with Crippen LogP contribution >= 0.6 is 11.6 Å². The van der Waals surface area contributed by atoms with Crippen molar-refractivity contribution in [3.8, 4) is 0 Å². The summed E-state index contributed by atoms with van der Waals surface area (Å²) in [6.45, 7) is 3.79. The standard InChI is InChI=1S/C31H31ClN4O6S/c1-3-42-31(39)28-19-21-18-22(32)8-13-26(21)36(28)20-29(37)35-16-14-34(15-17-35)27-7-5-4-6-25(27)30(38)33-23-9-11-24(12-10-23)43(2,40)41/h4-13,18-19H,3,14-17,20H2,1-2H3,(H,33,38). The van der Waals surface area contributed by atoms with Gasteiger partial charge in [0.1, 0.15) is 12.2 Å². The third-order valence-corrected chi connectivity index (χ3v) is 8.67. The second kappa shape index (κ2) is 12.5. The summed E-state index contributed by atoms with van der Waals surface area (Å²) in [7, 11) is -3.34. The van der Waals surface area contributed by atoms with Crippen molar-refractivity contribution in [2.45, 2.75) is 18.4 Å². The highest BCUT2D eigenvalue weighted by Crippen LogP contribution is 2.26. The Morgan fingerprint density at radius 3 is 2.30 bits per heavy atom. The van der Waals surface area contributed by atoms with Crippen molar-refractivity contribution < 1.29 is 27.5 Å². The first-order chi connectivity index (χ1) is 20.5. The van der Waals surface area contributed by atoms with Crippen LogP contribution in [0.15, 0.2) is 77.7 Å². The van der Waals surface area contributed by atoms with Gasteiger partial charge in [-0.3, -0.25) is 9.59 Å². The summed E-state index contributed by atoms with van der Waals surface area (Å²) in [5.74, 6) is -0.970. The van der Waals surface area contributed by atoms with E-state index in [-0.39, 0.29) is 35.6 Å². The Bertz CT molecular complexity index is 1790. The van der Waals surface area contributed by atoms with E-state index in [2.05, 4.69) is 10.2 Å². The molecule has 0 radical (unpaired) electrons. The number of aromatic nitrogens is 1. The average molecular weight is 623 g/mol. The molecule has 224 valence electrons. The summed E-state index contributed by atoms with van der Waals surface area (Å²) in [5.41, 5.74) is 2.68. The number of fused-ring (bicyclic) bond motifs is 1. The number of halogens is 1. The number of para-hydroxylation sites is 1. The fourth-order valence-electron chi connectivity index (χ4n) is 5.14. The van der Waals surface area contributed by atoms with Crippen LogP contribution in [-0.2, 0) is 25.9 Å². The Labute approximate surface area is 254 Å². The van der Waals surface area contributed by atoms with E-state index in [4.69, 9.17) is 16.3 Å². The number of ether oxygens (including phenoxy) is 1. The first-order valence-corrected chi connectivity index (χ1v) is 16.0. The van der Waals surface area contributed by atoms with Crippen molar-refractivity contribution in [1.82, 2.24) is 9.47 Å². The van der Waals surface area contributed by atoms with E-state index in [9.17, 15) is 22.8 Å². The number of carbonyl (C=O) groups excluding carboxylic acids is 3. The van der Waals surface area contributed by atoms with Crippen molar-refractivity contribution in [2.75, 3.05) is 49.3 Å². The van der Waals surface area contributed by atoms with E-state index in [0.29, 0.717) is 48.0 Å². The van der Waals surface area contributed by atoms with Crippen molar-refractivity contribution in [3.63, 3.8) is 0 Å². The van der Waals surface area contributed by atoms with E-state index in [0.717, 1.165) is 17.3 Å². The van der Waals surface area contributed by atoms with Crippen molar-refractivity contribution >= 4 is 61.5 Å². The molecule has 3 aromatic carbocycles. The molecule has 12 heteroatoms. The third-order valence-electron chi connectivity index (χ3n) is 7.30. The fourth-order valence-corrected chi connectivity index (χ4v) is 5.95. The van der Waals surface area contributed by atoms with Gasteiger partial charge < -0.3 is 24.4 Å². The number of benzene rings is 3. The minimum atomic E-state index is -3.34. The second-order valence-corrected chi connectivity index (χ2v) is 12.6. The highest BCUT2D eigenvalue weighted by atomic mass is 35.5. The lowest BCUT2D eigenvalue weighted by molar-refractivity contribution is -0.132. The summed E-state index contributed by atoms with van der Waals surface area (Å²) in [5, 5.41) is 4.11. The molecule has 43 heavy (non-hydrogen) atoms. The van der Waals surface area contributed by atoms with Gasteiger partial charge in [-0.2, -0.15) is 0 Å². The Hall–Kier alpha value is -4.35. The highest BCUT2D eigenvalue weighted by molar-refractivity contribution is 7.90. The van der Waals surface area contributed by atoms with E-state index in [1.165, 1.54) is 12.1 Å². The molecular formula is C31H31ClN4O6S. The molecule has 1 fully saturated rings. The third kappa shape index (κ3) is 6.68. The quantitative estimate of drug-likeness (QED) is 0.288. The van der Waals surface area contributed by atoms with Gasteiger partial charge in [0, 0.05) is 59.7 Å². The molecule has 1 aromatic heterocycles. The number of hydrogen-bond acceptors (Lipinski definition) is 7. The number of piperazine rings is 1. The zero-order valence-electron chi connectivity index (χ0n) is 23.7. The molecule has 2 heterocycles. The van der Waals surface area contributed by atoms with Gasteiger partial charge >= 0.3 is 5.97 Å². The number of rotatable bonds is 8. The molecule has 5 rings (SSSR count). The van der Waals surface area contributed by atoms with Gasteiger partial charge in [-0.25, -0.2) is 13.2 Å². The van der Waals surface area contributed by atoms with Gasteiger partial charge in [0.25, 0.3) is 5.91 Å². The molecule has 0 bridgehead atoms. The van der Waals surface area contributed by atoms with Crippen LogP contribution in [0.4, 0.5) is 11.4 Å². The number of amides is 2. The number of anilines is 2. The zero-order valence-corrected chi connectivity index (χ0v) is 25.3. The van der Waals surface area contributed by atoms with E-state index in [1.807, 2.05) is 12.1 Å². The molecule has 0 spiro atoms. The maximum atomic E-state index is 13.4. The normalized spacial score (nSPS) is 13.7. The molecular weight excluding hydrogens is 592 g/mol. The van der Waals surface area contributed by atoms with E-state index >= 15 is 0 Å². The molecule has 0 aliphatic carbocycles. The highest BCUT2D eigenvalue weighted by Gasteiger charge is 2.26. The minimum Gasteiger partial charge on any atom is -0.461 e. The Balaban J connectivity index is 1.27. The van der Waals surface area contributed by atoms with Crippen LogP contribution in [0.25, 0.3) is 10.9 Å². The smallest absolute Gasteiger partial charge is 0.354 e. The van der Waals surface area contributed by atoms with Crippen molar-refractivity contribution in [2.24, 2.45) is 0 Å². The summed E-state index contributed by atoms with van der Waals surface area (Å²) in [4.78, 5) is 43.3. The maximum absolute atomic E-state index is 13.4. The van der Waals surface area contributed by atoms with Gasteiger partial charge in [-0.1, -0.05) is 23.7 Å². The lowest BCUT2D eigenvalue weighted by atomic mass is 10.1. The predicted octanol–water partition coefficient (Wildman–Crippen LogP) is 4.48. The van der Waals surface area contributed by atoms with Gasteiger partial charge in [0.15, 0.2) is 9.84 Å². The average Bonchev–Trinajstić information content (AvgIpc) is 3.34. The van der Waals surface area contributed by atoms with Crippen LogP contribution in [0, 0.1) is 0 Å². The van der Waals surface area contributed by atoms with Gasteiger partial charge in [0.2, 0.25) is 5.91 Å². The van der Waals surface area contributed by atoms with Crippen LogP contribution in [0.5, 0.6) is 0 Å². The molecule has 2 amide bonds. The molecule has 1 aliphatic heterocycles. The lowest BCUT2D eigenvalue weighted by Gasteiger charge is -2.37. The number of carbonyl (C=O) groups is 3. The molecule has 0 unspecified atom stereocenters. The van der Waals surface area contributed by atoms with Gasteiger partial charge in [-0.15, -0.1) is 0 Å². The summed E-state index contributed by atoms with van der Waals surface area (Å²) >= 11 is 6.15. The number of nitrogens with one attached hydrogen (secondary N) is 1. The summed E-state index contributed by atoms with van der Waals surface area (Å²) < 4.78 is 30.4. The molecule has 0 atom stereocenters.